The van der Waals surface area contributed by atoms with E-state index in [0.29, 0.717) is 0 Å². The molecule has 1 aliphatic carbocycles. The largest absolute Gasteiger partial charge is 0.490 e. The Hall–Kier alpha value is -1.15. The van der Waals surface area contributed by atoms with Crippen LogP contribution in [0.15, 0.2) is 11.1 Å². The molecule has 3 rings (SSSR count). The SMILES string of the molecule is C[C-]1CCCC1OC(=O)c1ncn2c(=O)n(C)nnc12.[Y]. The molecule has 1 fully saturated rings. The first-order chi connectivity index (χ1) is 9.58. The van der Waals surface area contributed by atoms with Gasteiger partial charge in [0.15, 0.2) is 11.3 Å². The molecule has 8 nitrogen and oxygen atoms in total. The zero-order chi connectivity index (χ0) is 14.3. The number of fused-ring (bicyclic) bond motifs is 1. The van der Waals surface area contributed by atoms with E-state index in [2.05, 4.69) is 15.3 Å². The summed E-state index contributed by atoms with van der Waals surface area (Å²) in [5.41, 5.74) is -0.270. The number of hydrogen-bond acceptors (Lipinski definition) is 6. The molecule has 1 radical (unpaired) electrons. The minimum Gasteiger partial charge on any atom is -0.490 e. The van der Waals surface area contributed by atoms with Crippen molar-refractivity contribution in [2.45, 2.75) is 32.3 Å². The number of aryl methyl sites for hydroxylation is 1. The Kier molecular flexibility index (Phi) is 4.88. The molecule has 21 heavy (non-hydrogen) atoms. The summed E-state index contributed by atoms with van der Waals surface area (Å²) in [6, 6.07) is 0. The van der Waals surface area contributed by atoms with E-state index in [9.17, 15) is 9.59 Å². The second-order valence-corrected chi connectivity index (χ2v) is 4.91. The van der Waals surface area contributed by atoms with Gasteiger partial charge in [-0.1, -0.05) is 11.6 Å². The predicted molar refractivity (Wildman–Crippen MR) is 68.0 cm³/mol. The second kappa shape index (κ2) is 6.31. The van der Waals surface area contributed by atoms with Gasteiger partial charge in [0, 0.05) is 39.8 Å². The van der Waals surface area contributed by atoms with Gasteiger partial charge in [-0.15, -0.1) is 5.10 Å². The molecule has 0 bridgehead atoms. The normalized spacial score (nSPS) is 18.7. The fourth-order valence-electron chi connectivity index (χ4n) is 2.34. The molecular formula is C12H14N5O3Y-. The van der Waals surface area contributed by atoms with Crippen molar-refractivity contribution in [3.05, 3.63) is 28.4 Å². The van der Waals surface area contributed by atoms with Crippen LogP contribution in [-0.4, -0.2) is 36.5 Å². The van der Waals surface area contributed by atoms with Crippen LogP contribution in [0.2, 0.25) is 0 Å². The van der Waals surface area contributed by atoms with Crippen molar-refractivity contribution >= 4 is 11.6 Å². The number of carbonyl (C=O) groups is 1. The Labute approximate surface area is 145 Å². The quantitative estimate of drug-likeness (QED) is 0.555. The summed E-state index contributed by atoms with van der Waals surface area (Å²) in [5.74, 6) is 0.588. The van der Waals surface area contributed by atoms with Crippen LogP contribution in [0.25, 0.3) is 5.65 Å². The Balaban J connectivity index is 0.00000161. The number of esters is 1. The van der Waals surface area contributed by atoms with Gasteiger partial charge >= 0.3 is 11.7 Å². The summed E-state index contributed by atoms with van der Waals surface area (Å²) in [6.07, 6.45) is 3.92. The Morgan fingerprint density at radius 2 is 2.29 bits per heavy atom. The smallest absolute Gasteiger partial charge is 0.358 e. The molecule has 9 heteroatoms. The summed E-state index contributed by atoms with van der Waals surface area (Å²) in [5, 5.41) is 7.47. The Morgan fingerprint density at radius 1 is 1.52 bits per heavy atom. The molecule has 0 amide bonds. The van der Waals surface area contributed by atoms with E-state index in [1.807, 2.05) is 6.92 Å². The first kappa shape index (κ1) is 16.2. The summed E-state index contributed by atoms with van der Waals surface area (Å²) in [4.78, 5) is 27.8. The van der Waals surface area contributed by atoms with Gasteiger partial charge in [-0.25, -0.2) is 19.0 Å². The predicted octanol–water partition coefficient (Wildman–Crippen LogP) is 0.124. The maximum Gasteiger partial charge on any atom is 0.358 e. The van der Waals surface area contributed by atoms with Crippen molar-refractivity contribution in [2.24, 2.45) is 7.05 Å². The average Bonchev–Trinajstić information content (AvgIpc) is 3.01. The van der Waals surface area contributed by atoms with Crippen LogP contribution in [0.4, 0.5) is 0 Å². The van der Waals surface area contributed by atoms with Gasteiger partial charge in [-0.2, -0.15) is 18.0 Å². The molecule has 2 aromatic rings. The summed E-state index contributed by atoms with van der Waals surface area (Å²) < 4.78 is 7.66. The van der Waals surface area contributed by atoms with Crippen LogP contribution in [-0.2, 0) is 44.5 Å². The third-order valence-electron chi connectivity index (χ3n) is 3.53. The molecule has 1 aliphatic rings. The van der Waals surface area contributed by atoms with Crippen LogP contribution < -0.4 is 5.69 Å². The molecule has 0 aliphatic heterocycles. The van der Waals surface area contributed by atoms with Crippen molar-refractivity contribution in [3.8, 4) is 0 Å². The van der Waals surface area contributed by atoms with Gasteiger partial charge in [0.05, 0.1) is 0 Å². The molecule has 2 heterocycles. The molecule has 0 spiro atoms. The molecule has 1 saturated carbocycles. The molecule has 0 N–H and O–H groups in total. The Bertz CT molecular complexity index is 725. The Morgan fingerprint density at radius 3 is 2.95 bits per heavy atom. The fraction of sp³-hybridized carbons (Fsp3) is 0.500. The molecule has 2 aromatic heterocycles. The van der Waals surface area contributed by atoms with E-state index in [4.69, 9.17) is 4.74 Å². The van der Waals surface area contributed by atoms with Crippen molar-refractivity contribution < 1.29 is 42.2 Å². The number of aromatic nitrogens is 5. The topological polar surface area (TPSA) is 91.4 Å². The second-order valence-electron chi connectivity index (χ2n) is 4.91. The number of imidazole rings is 1. The van der Waals surface area contributed by atoms with Crippen LogP contribution >= 0.6 is 0 Å². The van der Waals surface area contributed by atoms with Gasteiger partial charge < -0.3 is 4.74 Å². The van der Waals surface area contributed by atoms with Gasteiger partial charge in [0.1, 0.15) is 6.33 Å². The molecule has 109 valence electrons. The minimum absolute atomic E-state index is 0. The zero-order valence-corrected chi connectivity index (χ0v) is 14.7. The summed E-state index contributed by atoms with van der Waals surface area (Å²) in [6.45, 7) is 1.98. The third kappa shape index (κ3) is 2.92. The number of rotatable bonds is 2. The van der Waals surface area contributed by atoms with E-state index >= 15 is 0 Å². The maximum atomic E-state index is 12.1. The van der Waals surface area contributed by atoms with Crippen molar-refractivity contribution in [3.63, 3.8) is 0 Å². The van der Waals surface area contributed by atoms with Gasteiger partial charge in [-0.05, 0) is 12.5 Å². The number of ether oxygens (including phenoxy) is 1. The molecule has 1 unspecified atom stereocenters. The van der Waals surface area contributed by atoms with Crippen LogP contribution in [0.1, 0.15) is 36.7 Å². The van der Waals surface area contributed by atoms with Crippen molar-refractivity contribution in [1.82, 2.24) is 24.4 Å². The van der Waals surface area contributed by atoms with Crippen LogP contribution in [0.5, 0.6) is 0 Å². The van der Waals surface area contributed by atoms with Gasteiger partial charge in [0.25, 0.3) is 0 Å². The number of nitrogens with zero attached hydrogens (tertiary/aromatic N) is 5. The summed E-state index contributed by atoms with van der Waals surface area (Å²) in [7, 11) is 1.48. The maximum absolute atomic E-state index is 12.1. The van der Waals surface area contributed by atoms with E-state index in [1.54, 1.807) is 0 Å². The van der Waals surface area contributed by atoms with E-state index in [1.165, 1.54) is 17.8 Å². The molecular weight excluding hydrogens is 351 g/mol. The third-order valence-corrected chi connectivity index (χ3v) is 3.53. The van der Waals surface area contributed by atoms with Crippen LogP contribution in [0.3, 0.4) is 0 Å². The van der Waals surface area contributed by atoms with Gasteiger partial charge in [0.2, 0.25) is 0 Å². The number of hydrogen-bond donors (Lipinski definition) is 0. The summed E-state index contributed by atoms with van der Waals surface area (Å²) >= 11 is 0. The van der Waals surface area contributed by atoms with E-state index in [-0.39, 0.29) is 50.2 Å². The zero-order valence-electron chi connectivity index (χ0n) is 11.8. The molecule has 1 atom stereocenters. The van der Waals surface area contributed by atoms with Crippen molar-refractivity contribution in [1.29, 1.82) is 0 Å². The van der Waals surface area contributed by atoms with Crippen LogP contribution in [0, 0.1) is 5.92 Å². The molecule has 0 aromatic carbocycles. The standard InChI is InChI=1S/C12H14N5O3.Y/c1-7-4-3-5-8(7)20-11(18)9-10-14-15-16(2)12(19)17(10)6-13-9;/h6,8H,3-5H2,1-2H3;/q-1;. The fourth-order valence-corrected chi connectivity index (χ4v) is 2.34. The molecule has 0 saturated heterocycles. The van der Waals surface area contributed by atoms with Gasteiger partial charge in [-0.3, -0.25) is 5.92 Å². The van der Waals surface area contributed by atoms with E-state index in [0.717, 1.165) is 29.9 Å². The van der Waals surface area contributed by atoms with E-state index < -0.39 is 11.7 Å². The first-order valence-corrected chi connectivity index (χ1v) is 6.38. The first-order valence-electron chi connectivity index (χ1n) is 6.38. The minimum atomic E-state index is -0.568. The number of carbonyl (C=O) groups excluding carboxylic acids is 1. The van der Waals surface area contributed by atoms with Crippen molar-refractivity contribution in [2.75, 3.05) is 0 Å². The monoisotopic (exact) mass is 365 g/mol. The average molecular weight is 365 g/mol.